The van der Waals surface area contributed by atoms with E-state index in [0.29, 0.717) is 54.3 Å². The number of likely N-dealkylation sites (tertiary alicyclic amines) is 4. The number of aryl methyl sites for hydroxylation is 7. The van der Waals surface area contributed by atoms with E-state index in [2.05, 4.69) is 76.1 Å². The first kappa shape index (κ1) is 102. The van der Waals surface area contributed by atoms with E-state index in [9.17, 15) is 58.8 Å². The molecule has 0 aliphatic carbocycles. The van der Waals surface area contributed by atoms with Gasteiger partial charge in [0.25, 0.3) is 0 Å². The second kappa shape index (κ2) is 45.3. The van der Waals surface area contributed by atoms with Crippen LogP contribution in [0.1, 0.15) is 209 Å². The molecule has 9 N–H and O–H groups in total. The van der Waals surface area contributed by atoms with E-state index in [0.717, 1.165) is 86.8 Å². The fraction of sp³-hybridized carbons (Fsp3) is 0.455. The van der Waals surface area contributed by atoms with Crippen LogP contribution in [-0.4, -0.2) is 217 Å². The van der Waals surface area contributed by atoms with Crippen molar-refractivity contribution >= 4 is 92.8 Å². The summed E-state index contributed by atoms with van der Waals surface area (Å²) in [6.45, 7) is 34.0. The Morgan fingerprint density at radius 1 is 0.489 bits per heavy atom. The second-order valence-electron chi connectivity index (χ2n) is 37.5. The van der Waals surface area contributed by atoms with Gasteiger partial charge in [-0.2, -0.15) is 14.5 Å². The van der Waals surface area contributed by atoms with E-state index in [1.807, 2.05) is 217 Å². The molecule has 0 radical (unpaired) electrons. The van der Waals surface area contributed by atoms with Crippen LogP contribution in [0, 0.1) is 71.6 Å². The number of nitrogens with one attached hydrogen (secondary N) is 5. The molecule has 137 heavy (non-hydrogen) atoms. The zero-order valence-corrected chi connectivity index (χ0v) is 83.2. The number of aromatic nitrogens is 11. The highest BCUT2D eigenvalue weighted by Gasteiger charge is 2.49. The van der Waals surface area contributed by atoms with Crippen molar-refractivity contribution in [2.24, 2.45) is 23.2 Å². The highest BCUT2D eigenvalue weighted by molar-refractivity contribution is 7.14. The molecule has 12 heterocycles. The Labute approximate surface area is 811 Å². The number of aliphatic hydroxyl groups is 4. The second-order valence-corrected chi connectivity index (χ2v) is 41.1. The van der Waals surface area contributed by atoms with Gasteiger partial charge in [0.1, 0.15) is 53.5 Å². The summed E-state index contributed by atoms with van der Waals surface area (Å²) in [5.74, 6) is -1.72. The summed E-state index contributed by atoms with van der Waals surface area (Å²) in [4.78, 5) is 142. The minimum absolute atomic E-state index is 0.0242. The van der Waals surface area contributed by atoms with Crippen molar-refractivity contribution < 1.29 is 72.2 Å². The molecule has 4 aliphatic rings. The number of carbonyl (C=O) groups is 8. The predicted octanol–water partition coefficient (Wildman–Crippen LogP) is 12.9. The Morgan fingerprint density at radius 3 is 1.24 bits per heavy atom. The number of amides is 8. The first-order valence-corrected chi connectivity index (χ1v) is 49.3. The molecule has 0 spiro atoms. The van der Waals surface area contributed by atoms with Gasteiger partial charge >= 0.3 is 0 Å². The van der Waals surface area contributed by atoms with E-state index < -0.39 is 77.7 Å². The van der Waals surface area contributed by atoms with Gasteiger partial charge in [0.15, 0.2) is 23.8 Å². The van der Waals surface area contributed by atoms with Crippen molar-refractivity contribution in [3.63, 3.8) is 0 Å². The van der Waals surface area contributed by atoms with Crippen molar-refractivity contribution in [2.45, 2.75) is 241 Å². The fourth-order valence-corrected chi connectivity index (χ4v) is 20.6. The Morgan fingerprint density at radius 2 is 0.898 bits per heavy atom. The Balaban J connectivity index is 0.000000154. The normalized spacial score (nSPS) is 19.2. The third-order valence-corrected chi connectivity index (χ3v) is 28.4. The van der Waals surface area contributed by atoms with Gasteiger partial charge in [-0.1, -0.05) is 170 Å². The summed E-state index contributed by atoms with van der Waals surface area (Å²) < 4.78 is 20.5. The van der Waals surface area contributed by atoms with Crippen LogP contribution in [0.15, 0.2) is 152 Å². The average molecular weight is 1950 g/mol. The topological polar surface area (TPSA) is 463 Å². The van der Waals surface area contributed by atoms with Gasteiger partial charge in [0.05, 0.1) is 102 Å². The fourth-order valence-electron chi connectivity index (χ4n) is 17.6. The number of thiazole rings is 3. The zero-order valence-electron chi connectivity index (χ0n) is 80.0. The molecule has 4 saturated heterocycles. The van der Waals surface area contributed by atoms with Crippen LogP contribution < -0.4 is 21.3 Å². The van der Waals surface area contributed by atoms with Gasteiger partial charge in [-0.25, -0.2) is 24.9 Å². The van der Waals surface area contributed by atoms with E-state index in [1.165, 1.54) is 37.5 Å². The van der Waals surface area contributed by atoms with Crippen molar-refractivity contribution in [1.82, 2.24) is 95.7 Å². The highest BCUT2D eigenvalue weighted by atomic mass is 32.1. The Hall–Kier alpha value is -12.3. The molecule has 8 aromatic heterocycles. The monoisotopic (exact) mass is 1940 g/mol. The largest absolute Gasteiger partial charge is 0.444 e. The van der Waals surface area contributed by atoms with Crippen molar-refractivity contribution in [2.75, 3.05) is 26.2 Å². The lowest BCUT2D eigenvalue weighted by Gasteiger charge is -2.33. The van der Waals surface area contributed by atoms with Crippen LogP contribution >= 0.6 is 45.5 Å². The lowest BCUT2D eigenvalue weighted by molar-refractivity contribution is -0.142. The number of aliphatic hydroxyl groups excluding tert-OH is 4. The highest BCUT2D eigenvalue weighted by Crippen LogP contribution is 2.41. The Kier molecular flexibility index (Phi) is 33.8. The minimum atomic E-state index is -0.776. The van der Waals surface area contributed by atoms with E-state index in [-0.39, 0.29) is 129 Å². The molecule has 4 aliphatic heterocycles. The summed E-state index contributed by atoms with van der Waals surface area (Å²) in [6, 6.07) is 32.0. The number of H-pyrrole nitrogens is 1. The van der Waals surface area contributed by atoms with Crippen molar-refractivity contribution in [1.29, 1.82) is 0 Å². The molecule has 16 rings (SSSR count). The number of hydrogen-bond donors (Lipinski definition) is 9. The van der Waals surface area contributed by atoms with Crippen molar-refractivity contribution in [3.8, 4) is 42.6 Å². The number of oxazole rings is 1. The van der Waals surface area contributed by atoms with Gasteiger partial charge in [0.2, 0.25) is 53.1 Å². The number of carbonyl (C=O) groups excluding carboxylic acids is 8. The first-order chi connectivity index (χ1) is 65.3. The number of benzene rings is 4. The standard InChI is InChI=1S/C26H32N4O5.C25H30N4O3S2.C24H30N6O3S.C24H29N5O4S/c1-15-10-21(35-29-15)23(26(3,4)5)25(33)30-13-19(31)11-20(30)24(32)28-16(2)17-6-8-18(9-7-17)22-12-27-14-34-22;1-14(2)22(20-9-15(3)34-28-20)25(32)29-12-19(30)10-21(29)24(31)26-11-17-5-7-18(8-6-17)23-16(4)27-13-33-23;1-13(2)20(22-27-15(4)28-29-22)24(33)30-11-18(31)9-19(30)23(32)25-10-16-5-7-17(8-6-16)21-14(3)26-12-34-21;1-13(2)20(23-27-15(4)28-33-23)24(32)29-11-18(30)9-19(29)22(31)25-10-16-5-7-17(8-6-16)21-14(3)26-12-34-21/h6-10,12,14,16,19-20,23,31H,11,13H2,1-5H3,(H,28,32);5-9,13-14,19,21-22,30H,10-12H2,1-4H3,(H,26,31);5-8,12-13,18-20,31H,9-11H2,1-4H3,(H,25,32)(H,27,28,29);5-8,12-13,18-20,30H,9-11H2,1-4H3,(H,25,31)/t16-,19+,20-,23+;19-,21+,22-;2*18-,19+,20-/m0111/s1. The molecule has 12 aromatic rings. The summed E-state index contributed by atoms with van der Waals surface area (Å²) in [5, 5.41) is 67.7. The summed E-state index contributed by atoms with van der Waals surface area (Å²) >= 11 is 6.17. The molecule has 0 bridgehead atoms. The van der Waals surface area contributed by atoms with Gasteiger partial charge in [-0.05, 0) is 135 Å². The lowest BCUT2D eigenvalue weighted by Crippen LogP contribution is -2.49. The third-order valence-electron chi connectivity index (χ3n) is 24.7. The molecular formula is C99H121N19O15S4. The lowest BCUT2D eigenvalue weighted by atomic mass is 9.78. The van der Waals surface area contributed by atoms with Gasteiger partial charge in [-0.15, -0.1) is 34.0 Å². The molecule has 34 nitrogen and oxygen atoms in total. The quantitative estimate of drug-likeness (QED) is 0.0231. The third kappa shape index (κ3) is 25.2. The van der Waals surface area contributed by atoms with Crippen LogP contribution in [0.25, 0.3) is 42.6 Å². The minimum Gasteiger partial charge on any atom is -0.444 e. The van der Waals surface area contributed by atoms with E-state index in [4.69, 9.17) is 13.5 Å². The molecule has 13 atom stereocenters. The smallest absolute Gasteiger partial charge is 0.243 e. The molecule has 0 saturated carbocycles. The molecule has 38 heteroatoms. The summed E-state index contributed by atoms with van der Waals surface area (Å²) in [6.07, 6.45) is 0.833. The van der Waals surface area contributed by atoms with Crippen LogP contribution in [0.2, 0.25) is 0 Å². The maximum atomic E-state index is 13.7. The number of nitrogens with zero attached hydrogens (tertiary/aromatic N) is 14. The van der Waals surface area contributed by atoms with Crippen LogP contribution in [0.5, 0.6) is 0 Å². The van der Waals surface area contributed by atoms with Crippen LogP contribution in [-0.2, 0) is 58.0 Å². The number of rotatable bonds is 27. The Bertz CT molecular complexity index is 5660. The van der Waals surface area contributed by atoms with Crippen molar-refractivity contribution in [3.05, 3.63) is 223 Å². The maximum absolute atomic E-state index is 13.7. The number of β-amino-alcohol motifs (C(OH)–C–C–N with tert-alkyl or cyclic N) is 4. The average Bonchev–Trinajstić information content (AvgIpc) is 1.67. The van der Waals surface area contributed by atoms with E-state index >= 15 is 0 Å². The molecule has 4 aromatic carbocycles. The van der Waals surface area contributed by atoms with Gasteiger partial charge in [0, 0.05) is 88.0 Å². The summed E-state index contributed by atoms with van der Waals surface area (Å²) in [5.41, 5.74) is 17.3. The molecule has 8 amide bonds. The van der Waals surface area contributed by atoms with Crippen LogP contribution in [0.4, 0.5) is 0 Å². The molecule has 726 valence electrons. The van der Waals surface area contributed by atoms with Gasteiger partial charge < -0.3 is 74.8 Å². The zero-order chi connectivity index (χ0) is 98.5. The predicted molar refractivity (Wildman–Crippen MR) is 519 cm³/mol. The SMILES string of the molecule is Cc1cc([C@H](C(=O)N2C[C@H](O)C[C@H]2C(=O)NCc2ccc(-c3scnc3C)cc2)C(C)C)ns1.Cc1cc([C@H](C(=O)N2C[C@H](O)C[C@H]2C(=O)N[C@@H](C)c2ccc(-c3cnco3)cc2)C(C)(C)C)on1.Cc1nc([C@H](C(=O)N2C[C@H](O)C[C@H]2C(=O)NCc2ccc(-c3scnc3C)cc2)C(C)C)n[nH]1.Cc1noc([C@H](C(=O)N2C[C@H](O)C[C@H]2C(=O)NCc2ccc(-c3scnc3C)cc2)C(C)C)n1. The van der Waals surface area contributed by atoms with Gasteiger partial charge in [-0.3, -0.25) is 43.5 Å². The molecule has 4 fully saturated rings. The summed E-state index contributed by atoms with van der Waals surface area (Å²) in [7, 11) is 0. The number of aromatic amines is 1. The molecule has 0 unspecified atom stereocenters. The maximum Gasteiger partial charge on any atom is 0.243 e. The molecular weight excluding hydrogens is 1820 g/mol. The first-order valence-electron chi connectivity index (χ1n) is 45.9. The number of hydrogen-bond acceptors (Lipinski definition) is 29. The van der Waals surface area contributed by atoms with Crippen LogP contribution in [0.3, 0.4) is 0 Å². The van der Waals surface area contributed by atoms with E-state index in [1.54, 1.807) is 67.0 Å².